The Morgan fingerprint density at radius 3 is 3.00 bits per heavy atom. The minimum Gasteiger partial charge on any atom is -0.494 e. The van der Waals surface area contributed by atoms with Gasteiger partial charge in [0.15, 0.2) is 0 Å². The minimum atomic E-state index is 0.634. The van der Waals surface area contributed by atoms with E-state index in [0.717, 1.165) is 24.7 Å². The molecule has 1 N–H and O–H groups in total. The van der Waals surface area contributed by atoms with Gasteiger partial charge in [-0.1, -0.05) is 32.8 Å². The number of anilines is 1. The van der Waals surface area contributed by atoms with Crippen molar-refractivity contribution in [3.05, 3.63) is 24.3 Å². The topological polar surface area (TPSA) is 21.3 Å². The number of rotatable bonds is 5. The van der Waals surface area contributed by atoms with Gasteiger partial charge in [-0.2, -0.15) is 0 Å². The van der Waals surface area contributed by atoms with Gasteiger partial charge in [0, 0.05) is 17.8 Å². The summed E-state index contributed by atoms with van der Waals surface area (Å²) in [5, 5.41) is 3.65. The number of hydrogen-bond donors (Lipinski definition) is 1. The van der Waals surface area contributed by atoms with Crippen LogP contribution in [0.15, 0.2) is 24.3 Å². The maximum atomic E-state index is 5.67. The van der Waals surface area contributed by atoms with Crippen molar-refractivity contribution in [2.75, 3.05) is 11.9 Å². The van der Waals surface area contributed by atoms with Crippen LogP contribution in [-0.2, 0) is 0 Å². The van der Waals surface area contributed by atoms with Gasteiger partial charge in [-0.25, -0.2) is 0 Å². The first kappa shape index (κ1) is 13.3. The van der Waals surface area contributed by atoms with Gasteiger partial charge in [0.2, 0.25) is 0 Å². The highest BCUT2D eigenvalue weighted by Gasteiger charge is 2.18. The van der Waals surface area contributed by atoms with Crippen LogP contribution in [0.3, 0.4) is 0 Å². The van der Waals surface area contributed by atoms with Gasteiger partial charge in [0.25, 0.3) is 0 Å². The highest BCUT2D eigenvalue weighted by molar-refractivity contribution is 5.48. The molecule has 1 aliphatic rings. The largest absolute Gasteiger partial charge is 0.494 e. The van der Waals surface area contributed by atoms with E-state index in [1.165, 1.54) is 31.4 Å². The lowest BCUT2D eigenvalue weighted by molar-refractivity contribution is 0.317. The molecule has 0 heterocycles. The molecule has 100 valence electrons. The summed E-state index contributed by atoms with van der Waals surface area (Å²) < 4.78 is 5.67. The lowest BCUT2D eigenvalue weighted by Crippen LogP contribution is -2.26. The highest BCUT2D eigenvalue weighted by atomic mass is 16.5. The summed E-state index contributed by atoms with van der Waals surface area (Å²) in [7, 11) is 0. The van der Waals surface area contributed by atoms with Gasteiger partial charge in [0.1, 0.15) is 5.75 Å². The van der Waals surface area contributed by atoms with Gasteiger partial charge >= 0.3 is 0 Å². The lowest BCUT2D eigenvalue weighted by atomic mass is 9.87. The Kier molecular flexibility index (Phi) is 4.91. The molecule has 0 aliphatic heterocycles. The average molecular weight is 247 g/mol. The zero-order chi connectivity index (χ0) is 12.8. The molecule has 0 spiro atoms. The van der Waals surface area contributed by atoms with Crippen molar-refractivity contribution >= 4 is 5.69 Å². The van der Waals surface area contributed by atoms with Gasteiger partial charge in [-0.3, -0.25) is 0 Å². The van der Waals surface area contributed by atoms with E-state index in [-0.39, 0.29) is 0 Å². The molecule has 0 bridgehead atoms. The normalized spacial score (nSPS) is 23.7. The maximum absolute atomic E-state index is 5.67. The Bertz CT molecular complexity index is 364. The second kappa shape index (κ2) is 6.67. The maximum Gasteiger partial charge on any atom is 0.121 e. The third kappa shape index (κ3) is 3.94. The van der Waals surface area contributed by atoms with Crippen LogP contribution in [0.1, 0.15) is 46.0 Å². The van der Waals surface area contributed by atoms with Crippen molar-refractivity contribution in [3.63, 3.8) is 0 Å². The fourth-order valence-electron chi connectivity index (χ4n) is 2.70. The van der Waals surface area contributed by atoms with E-state index in [2.05, 4.69) is 37.4 Å². The summed E-state index contributed by atoms with van der Waals surface area (Å²) in [6.45, 7) is 5.28. The standard InChI is InChI=1S/C16H25NO/c1-3-10-18-16-9-5-8-15(12-16)17-14-7-4-6-13(2)11-14/h5,8-9,12-14,17H,3-4,6-7,10-11H2,1-2H3. The first-order chi connectivity index (χ1) is 8.78. The van der Waals surface area contributed by atoms with E-state index in [0.29, 0.717) is 6.04 Å². The predicted octanol–water partition coefficient (Wildman–Crippen LogP) is 4.47. The van der Waals surface area contributed by atoms with Gasteiger partial charge in [-0.15, -0.1) is 0 Å². The van der Waals surface area contributed by atoms with E-state index in [4.69, 9.17) is 4.74 Å². The molecule has 0 radical (unpaired) electrons. The van der Waals surface area contributed by atoms with E-state index in [1.807, 2.05) is 6.07 Å². The second-order valence-corrected chi connectivity index (χ2v) is 5.49. The molecule has 1 fully saturated rings. The molecule has 1 aromatic rings. The SMILES string of the molecule is CCCOc1cccc(NC2CCCC(C)C2)c1. The quantitative estimate of drug-likeness (QED) is 0.829. The van der Waals surface area contributed by atoms with Gasteiger partial charge in [0.05, 0.1) is 6.61 Å². The van der Waals surface area contributed by atoms with Crippen LogP contribution in [0.4, 0.5) is 5.69 Å². The zero-order valence-electron chi connectivity index (χ0n) is 11.6. The molecule has 1 aliphatic carbocycles. The van der Waals surface area contributed by atoms with Crippen LogP contribution in [-0.4, -0.2) is 12.6 Å². The Balaban J connectivity index is 1.91. The van der Waals surface area contributed by atoms with Crippen LogP contribution >= 0.6 is 0 Å². The summed E-state index contributed by atoms with van der Waals surface area (Å²) in [5.74, 6) is 1.83. The smallest absolute Gasteiger partial charge is 0.121 e. The Hall–Kier alpha value is -1.18. The van der Waals surface area contributed by atoms with Crippen molar-refractivity contribution < 1.29 is 4.74 Å². The number of ether oxygens (including phenoxy) is 1. The molecule has 18 heavy (non-hydrogen) atoms. The molecule has 1 saturated carbocycles. The predicted molar refractivity (Wildman–Crippen MR) is 77.3 cm³/mol. The van der Waals surface area contributed by atoms with Crippen molar-refractivity contribution in [1.29, 1.82) is 0 Å². The van der Waals surface area contributed by atoms with Crippen LogP contribution in [0, 0.1) is 5.92 Å². The third-order valence-electron chi connectivity index (χ3n) is 3.61. The molecule has 0 amide bonds. The summed E-state index contributed by atoms with van der Waals surface area (Å²) >= 11 is 0. The first-order valence-corrected chi connectivity index (χ1v) is 7.27. The van der Waals surface area contributed by atoms with Crippen molar-refractivity contribution in [2.45, 2.75) is 52.0 Å². The second-order valence-electron chi connectivity index (χ2n) is 5.49. The summed E-state index contributed by atoms with van der Waals surface area (Å²) in [6, 6.07) is 8.99. The highest BCUT2D eigenvalue weighted by Crippen LogP contribution is 2.27. The van der Waals surface area contributed by atoms with E-state index < -0.39 is 0 Å². The fraction of sp³-hybridized carbons (Fsp3) is 0.625. The van der Waals surface area contributed by atoms with Crippen molar-refractivity contribution in [3.8, 4) is 5.75 Å². The molecular formula is C16H25NO. The molecule has 2 rings (SSSR count). The number of nitrogens with one attached hydrogen (secondary N) is 1. The molecule has 0 saturated heterocycles. The molecule has 0 aromatic heterocycles. The van der Waals surface area contributed by atoms with Crippen molar-refractivity contribution in [2.24, 2.45) is 5.92 Å². The molecular weight excluding hydrogens is 222 g/mol. The van der Waals surface area contributed by atoms with Crippen LogP contribution in [0.25, 0.3) is 0 Å². The van der Waals surface area contributed by atoms with Crippen LogP contribution < -0.4 is 10.1 Å². The van der Waals surface area contributed by atoms with Crippen LogP contribution in [0.5, 0.6) is 5.75 Å². The minimum absolute atomic E-state index is 0.634. The first-order valence-electron chi connectivity index (χ1n) is 7.27. The van der Waals surface area contributed by atoms with E-state index in [9.17, 15) is 0 Å². The molecule has 1 aromatic carbocycles. The van der Waals surface area contributed by atoms with Crippen molar-refractivity contribution in [1.82, 2.24) is 0 Å². The molecule has 2 unspecified atom stereocenters. The summed E-state index contributed by atoms with van der Waals surface area (Å²) in [4.78, 5) is 0. The Morgan fingerprint density at radius 2 is 2.22 bits per heavy atom. The van der Waals surface area contributed by atoms with Gasteiger partial charge < -0.3 is 10.1 Å². The summed E-state index contributed by atoms with van der Waals surface area (Å²) in [6.07, 6.45) is 6.38. The van der Waals surface area contributed by atoms with E-state index in [1.54, 1.807) is 0 Å². The monoisotopic (exact) mass is 247 g/mol. The third-order valence-corrected chi connectivity index (χ3v) is 3.61. The van der Waals surface area contributed by atoms with Gasteiger partial charge in [-0.05, 0) is 37.3 Å². The molecule has 2 heteroatoms. The molecule has 2 nitrogen and oxygen atoms in total. The fourth-order valence-corrected chi connectivity index (χ4v) is 2.70. The Labute approximate surface area is 111 Å². The lowest BCUT2D eigenvalue weighted by Gasteiger charge is -2.28. The van der Waals surface area contributed by atoms with Crippen LogP contribution in [0.2, 0.25) is 0 Å². The average Bonchev–Trinajstić information content (AvgIpc) is 2.37. The molecule has 2 atom stereocenters. The number of hydrogen-bond acceptors (Lipinski definition) is 2. The number of benzene rings is 1. The zero-order valence-corrected chi connectivity index (χ0v) is 11.6. The van der Waals surface area contributed by atoms with E-state index >= 15 is 0 Å². The Morgan fingerprint density at radius 1 is 1.33 bits per heavy atom. The summed E-state index contributed by atoms with van der Waals surface area (Å²) in [5.41, 5.74) is 1.20.